The molecule has 0 saturated heterocycles. The van der Waals surface area contributed by atoms with Crippen LogP contribution in [0.4, 0.5) is 5.69 Å². The number of nitrogens with two attached hydrogens (primary N) is 2. The van der Waals surface area contributed by atoms with Gasteiger partial charge in [0.25, 0.3) is 17.5 Å². The maximum absolute atomic E-state index is 12.5. The Hall–Kier alpha value is -4.19. The minimum Gasteiger partial charge on any atom is -0.483 e. The number of benzene rings is 2. The zero-order valence-corrected chi connectivity index (χ0v) is 17.1. The van der Waals surface area contributed by atoms with Crippen LogP contribution in [0.15, 0.2) is 36.4 Å². The highest BCUT2D eigenvalue weighted by molar-refractivity contribution is 6.31. The predicted octanol–water partition coefficient (Wildman–Crippen LogP) is 0.822. The van der Waals surface area contributed by atoms with Crippen LogP contribution < -0.4 is 21.5 Å². The molecule has 0 bridgehead atoms. The summed E-state index contributed by atoms with van der Waals surface area (Å²) in [5.74, 6) is -3.31. The van der Waals surface area contributed by atoms with Crippen molar-refractivity contribution in [1.29, 1.82) is 5.41 Å². The summed E-state index contributed by atoms with van der Waals surface area (Å²) in [6.45, 7) is -0.509. The summed E-state index contributed by atoms with van der Waals surface area (Å²) in [5.41, 5.74) is 10.4. The normalized spacial score (nSPS) is 11.3. The molecular formula is C19H18ClN5O7. The molecule has 2 aromatic carbocycles. The topological polar surface area (TPSA) is 212 Å². The maximum atomic E-state index is 12.5. The standard InChI is InChI=1S/C19H18ClN5O7/c20-12-3-11(4-13(7-12)25(30)31)18(27)24-14(19(28)29)5-9-1-2-10(17(22)23)6-15(9)32-8-16(21)26/h1-4,6-7,14H,5,8H2,(H2,21,26)(H3,22,23)(H,24,27)(H,28,29). The Kier molecular flexibility index (Phi) is 7.69. The van der Waals surface area contributed by atoms with E-state index in [1.807, 2.05) is 0 Å². The lowest BCUT2D eigenvalue weighted by Gasteiger charge is -2.18. The first-order valence-corrected chi connectivity index (χ1v) is 9.22. The van der Waals surface area contributed by atoms with Crippen LogP contribution in [0, 0.1) is 15.5 Å². The van der Waals surface area contributed by atoms with E-state index in [-0.39, 0.29) is 39.7 Å². The first kappa shape index (κ1) is 24.1. The van der Waals surface area contributed by atoms with Crippen molar-refractivity contribution < 1.29 is 29.2 Å². The minimum absolute atomic E-state index is 0.0513. The molecule has 0 spiro atoms. The summed E-state index contributed by atoms with van der Waals surface area (Å²) < 4.78 is 5.29. The number of nitro benzene ring substituents is 1. The van der Waals surface area contributed by atoms with Gasteiger partial charge >= 0.3 is 5.97 Å². The number of hydrogen-bond acceptors (Lipinski definition) is 7. The van der Waals surface area contributed by atoms with Gasteiger partial charge in [-0.15, -0.1) is 0 Å². The predicted molar refractivity (Wildman–Crippen MR) is 113 cm³/mol. The molecule has 0 aliphatic rings. The minimum atomic E-state index is -1.47. The van der Waals surface area contributed by atoms with Gasteiger partial charge in [0, 0.05) is 34.7 Å². The van der Waals surface area contributed by atoms with Gasteiger partial charge in [-0.25, -0.2) is 4.79 Å². The Labute approximate surface area is 185 Å². The number of aliphatic carboxylic acids is 1. The lowest BCUT2D eigenvalue weighted by Crippen LogP contribution is -2.42. The van der Waals surface area contributed by atoms with E-state index in [9.17, 15) is 29.6 Å². The Bertz CT molecular complexity index is 1110. The number of amides is 2. The fraction of sp³-hybridized carbons (Fsp3) is 0.158. The fourth-order valence-corrected chi connectivity index (χ4v) is 2.88. The van der Waals surface area contributed by atoms with Gasteiger partial charge in [-0.05, 0) is 17.7 Å². The first-order chi connectivity index (χ1) is 15.0. The van der Waals surface area contributed by atoms with E-state index in [1.165, 1.54) is 18.2 Å². The van der Waals surface area contributed by atoms with Gasteiger partial charge in [0.2, 0.25) is 0 Å². The second kappa shape index (κ2) is 10.2. The number of nitrogens with zero attached hydrogens (tertiary/aromatic N) is 1. The average Bonchev–Trinajstić information content (AvgIpc) is 2.71. The van der Waals surface area contributed by atoms with Crippen molar-refractivity contribution in [3.05, 3.63) is 68.2 Å². The zero-order chi connectivity index (χ0) is 24.0. The highest BCUT2D eigenvalue weighted by Gasteiger charge is 2.24. The summed E-state index contributed by atoms with van der Waals surface area (Å²) in [4.78, 5) is 45.6. The Balaban J connectivity index is 2.31. The molecule has 13 heteroatoms. The van der Waals surface area contributed by atoms with Gasteiger partial charge in [-0.1, -0.05) is 23.7 Å². The summed E-state index contributed by atoms with van der Waals surface area (Å²) in [6.07, 6.45) is -0.282. The molecular weight excluding hydrogens is 446 g/mol. The third-order valence-electron chi connectivity index (χ3n) is 4.13. The first-order valence-electron chi connectivity index (χ1n) is 8.85. The molecule has 168 valence electrons. The number of amidine groups is 1. The average molecular weight is 464 g/mol. The molecule has 7 N–H and O–H groups in total. The van der Waals surface area contributed by atoms with Gasteiger partial charge in [-0.2, -0.15) is 0 Å². The molecule has 32 heavy (non-hydrogen) atoms. The highest BCUT2D eigenvalue weighted by Crippen LogP contribution is 2.24. The Morgan fingerprint density at radius 3 is 2.44 bits per heavy atom. The second-order valence-corrected chi connectivity index (χ2v) is 6.95. The highest BCUT2D eigenvalue weighted by atomic mass is 35.5. The maximum Gasteiger partial charge on any atom is 0.326 e. The monoisotopic (exact) mass is 463 g/mol. The molecule has 2 rings (SSSR count). The molecule has 0 aromatic heterocycles. The number of non-ortho nitro benzene ring substituents is 1. The second-order valence-electron chi connectivity index (χ2n) is 6.51. The van der Waals surface area contributed by atoms with Gasteiger partial charge < -0.3 is 26.6 Å². The number of rotatable bonds is 10. The molecule has 0 heterocycles. The van der Waals surface area contributed by atoms with Gasteiger partial charge in [0.05, 0.1) is 4.92 Å². The van der Waals surface area contributed by atoms with Crippen molar-refractivity contribution >= 4 is 40.9 Å². The van der Waals surface area contributed by atoms with Crippen molar-refractivity contribution in [2.75, 3.05) is 6.61 Å². The van der Waals surface area contributed by atoms with E-state index in [0.29, 0.717) is 0 Å². The number of nitro groups is 1. The SMILES string of the molecule is N=C(N)c1ccc(CC(NC(=O)c2cc(Cl)cc([N+](=O)[O-])c2)C(=O)O)c(OCC(N)=O)c1. The van der Waals surface area contributed by atoms with Crippen molar-refractivity contribution in [2.24, 2.45) is 11.5 Å². The molecule has 0 fully saturated rings. The van der Waals surface area contributed by atoms with Gasteiger partial charge in [-0.3, -0.25) is 25.1 Å². The molecule has 1 unspecified atom stereocenters. The summed E-state index contributed by atoms with van der Waals surface area (Å²) in [7, 11) is 0. The van der Waals surface area contributed by atoms with Crippen LogP contribution in [0.2, 0.25) is 5.02 Å². The van der Waals surface area contributed by atoms with Crippen molar-refractivity contribution in [3.8, 4) is 5.75 Å². The van der Waals surface area contributed by atoms with Crippen molar-refractivity contribution in [1.82, 2.24) is 5.32 Å². The van der Waals surface area contributed by atoms with E-state index in [1.54, 1.807) is 0 Å². The zero-order valence-electron chi connectivity index (χ0n) is 16.3. The van der Waals surface area contributed by atoms with Crippen LogP contribution in [-0.2, 0) is 16.0 Å². The number of halogens is 1. The molecule has 0 radical (unpaired) electrons. The summed E-state index contributed by atoms with van der Waals surface area (Å²) >= 11 is 5.81. The van der Waals surface area contributed by atoms with Crippen LogP contribution in [0.25, 0.3) is 0 Å². The number of carbonyl (C=O) groups excluding carboxylic acids is 2. The molecule has 2 amide bonds. The van der Waals surface area contributed by atoms with Crippen molar-refractivity contribution in [2.45, 2.75) is 12.5 Å². The molecule has 0 aliphatic heterocycles. The number of ether oxygens (including phenoxy) is 1. The molecule has 0 aliphatic carbocycles. The Morgan fingerprint density at radius 1 is 1.19 bits per heavy atom. The smallest absolute Gasteiger partial charge is 0.326 e. The van der Waals surface area contributed by atoms with Crippen LogP contribution in [0.1, 0.15) is 21.5 Å². The van der Waals surface area contributed by atoms with E-state index < -0.39 is 41.0 Å². The van der Waals surface area contributed by atoms with E-state index in [4.69, 9.17) is 33.2 Å². The summed E-state index contributed by atoms with van der Waals surface area (Å²) in [5, 5.41) is 30.2. The fourth-order valence-electron chi connectivity index (χ4n) is 2.65. The number of carboxylic acids is 1. The van der Waals surface area contributed by atoms with Crippen LogP contribution in [-0.4, -0.2) is 46.3 Å². The third-order valence-corrected chi connectivity index (χ3v) is 4.35. The van der Waals surface area contributed by atoms with Crippen LogP contribution in [0.3, 0.4) is 0 Å². The molecule has 2 aromatic rings. The van der Waals surface area contributed by atoms with E-state index in [0.717, 1.165) is 18.2 Å². The van der Waals surface area contributed by atoms with Crippen LogP contribution in [0.5, 0.6) is 5.75 Å². The van der Waals surface area contributed by atoms with Crippen molar-refractivity contribution in [3.63, 3.8) is 0 Å². The number of hydrogen-bond donors (Lipinski definition) is 5. The number of primary amides is 1. The number of carboxylic acid groups (broad SMARTS) is 1. The largest absolute Gasteiger partial charge is 0.483 e. The van der Waals surface area contributed by atoms with Gasteiger partial charge in [0.15, 0.2) is 6.61 Å². The van der Waals surface area contributed by atoms with E-state index >= 15 is 0 Å². The van der Waals surface area contributed by atoms with Gasteiger partial charge in [0.1, 0.15) is 17.6 Å². The quantitative estimate of drug-likeness (QED) is 0.147. The third kappa shape index (κ3) is 6.40. The lowest BCUT2D eigenvalue weighted by molar-refractivity contribution is -0.384. The lowest BCUT2D eigenvalue weighted by atomic mass is 10.0. The summed E-state index contributed by atoms with van der Waals surface area (Å²) in [6, 6.07) is 5.90. The van der Waals surface area contributed by atoms with Crippen LogP contribution >= 0.6 is 11.6 Å². The molecule has 0 saturated carbocycles. The Morgan fingerprint density at radius 2 is 1.88 bits per heavy atom. The number of nitrogen functional groups attached to an aromatic ring is 1. The molecule has 12 nitrogen and oxygen atoms in total. The number of nitrogens with one attached hydrogen (secondary N) is 2. The number of carbonyl (C=O) groups is 3. The van der Waals surface area contributed by atoms with E-state index in [2.05, 4.69) is 5.32 Å². The molecule has 1 atom stereocenters.